The van der Waals surface area contributed by atoms with Crippen molar-refractivity contribution in [3.05, 3.63) is 39.3 Å². The van der Waals surface area contributed by atoms with E-state index in [0.717, 1.165) is 11.1 Å². The van der Waals surface area contributed by atoms with Gasteiger partial charge >= 0.3 is 5.97 Å². The SMILES string of the molecule is COc1cc(C)c(C)cc1C(CC(=O)O)N=[N+]=[N-]. The van der Waals surface area contributed by atoms with Crippen molar-refractivity contribution in [1.82, 2.24) is 0 Å². The fraction of sp³-hybridized carbons (Fsp3) is 0.417. The van der Waals surface area contributed by atoms with Gasteiger partial charge in [0.1, 0.15) is 5.75 Å². The minimum Gasteiger partial charge on any atom is -0.496 e. The molecule has 1 aromatic carbocycles. The molecule has 0 amide bonds. The third-order valence-electron chi connectivity index (χ3n) is 2.76. The molecule has 6 nitrogen and oxygen atoms in total. The number of azide groups is 1. The fourth-order valence-electron chi connectivity index (χ4n) is 1.69. The number of hydrogen-bond donors (Lipinski definition) is 1. The summed E-state index contributed by atoms with van der Waals surface area (Å²) in [6.45, 7) is 3.84. The Balaban J connectivity index is 3.29. The molecule has 0 fully saturated rings. The maximum absolute atomic E-state index is 10.8. The van der Waals surface area contributed by atoms with Crippen LogP contribution in [0.2, 0.25) is 0 Å². The molecule has 1 rings (SSSR count). The Morgan fingerprint density at radius 2 is 2.11 bits per heavy atom. The standard InChI is InChI=1S/C12H15N3O3/c1-7-4-9(11(18-3)5-8(7)2)10(14-15-13)6-12(16)17/h4-5,10H,6H2,1-3H3,(H,16,17). The van der Waals surface area contributed by atoms with E-state index in [1.165, 1.54) is 7.11 Å². The highest BCUT2D eigenvalue weighted by atomic mass is 16.5. The van der Waals surface area contributed by atoms with Crippen molar-refractivity contribution >= 4 is 5.97 Å². The number of methoxy groups -OCH3 is 1. The van der Waals surface area contributed by atoms with E-state index in [2.05, 4.69) is 10.0 Å². The molecular formula is C12H15N3O3. The molecule has 96 valence electrons. The first-order valence-electron chi connectivity index (χ1n) is 5.40. The normalized spacial score (nSPS) is 11.5. The highest BCUT2D eigenvalue weighted by molar-refractivity contribution is 5.68. The molecule has 6 heteroatoms. The summed E-state index contributed by atoms with van der Waals surface area (Å²) in [5.41, 5.74) is 11.1. The molecule has 0 aromatic heterocycles. The van der Waals surface area contributed by atoms with Crippen LogP contribution in [0, 0.1) is 13.8 Å². The van der Waals surface area contributed by atoms with E-state index in [9.17, 15) is 4.79 Å². The van der Waals surface area contributed by atoms with Gasteiger partial charge in [-0.3, -0.25) is 4.79 Å². The van der Waals surface area contributed by atoms with Crippen LogP contribution in [0.3, 0.4) is 0 Å². The van der Waals surface area contributed by atoms with Crippen LogP contribution in [-0.4, -0.2) is 18.2 Å². The number of aryl methyl sites for hydroxylation is 2. The highest BCUT2D eigenvalue weighted by Crippen LogP contribution is 2.32. The lowest BCUT2D eigenvalue weighted by Crippen LogP contribution is -2.06. The number of carbonyl (C=O) groups is 1. The lowest BCUT2D eigenvalue weighted by atomic mass is 9.98. The molecule has 0 aliphatic carbocycles. The minimum atomic E-state index is -1.02. The van der Waals surface area contributed by atoms with Gasteiger partial charge in [-0.2, -0.15) is 0 Å². The van der Waals surface area contributed by atoms with Crippen LogP contribution in [0.1, 0.15) is 29.2 Å². The number of aliphatic carboxylic acids is 1. The number of nitrogens with zero attached hydrogens (tertiary/aromatic N) is 3. The Morgan fingerprint density at radius 1 is 1.50 bits per heavy atom. The summed E-state index contributed by atoms with van der Waals surface area (Å²) in [6.07, 6.45) is -0.261. The first-order valence-corrected chi connectivity index (χ1v) is 5.40. The van der Waals surface area contributed by atoms with Gasteiger partial charge in [0, 0.05) is 10.5 Å². The Bertz CT molecular complexity index is 508. The maximum Gasteiger partial charge on any atom is 0.304 e. The van der Waals surface area contributed by atoms with Gasteiger partial charge in [-0.15, -0.1) is 0 Å². The van der Waals surface area contributed by atoms with Gasteiger partial charge in [0.15, 0.2) is 0 Å². The van der Waals surface area contributed by atoms with Gasteiger partial charge in [0.2, 0.25) is 0 Å². The van der Waals surface area contributed by atoms with Gasteiger partial charge in [0.05, 0.1) is 19.6 Å². The number of carboxylic acid groups (broad SMARTS) is 1. The van der Waals surface area contributed by atoms with Crippen molar-refractivity contribution in [2.24, 2.45) is 5.11 Å². The van der Waals surface area contributed by atoms with Crippen LogP contribution in [0.5, 0.6) is 5.75 Å². The van der Waals surface area contributed by atoms with Crippen molar-refractivity contribution in [3.8, 4) is 5.75 Å². The summed E-state index contributed by atoms with van der Waals surface area (Å²) in [5.74, 6) is -0.482. The molecular weight excluding hydrogens is 234 g/mol. The minimum absolute atomic E-state index is 0.261. The average molecular weight is 249 g/mol. The number of hydrogen-bond acceptors (Lipinski definition) is 3. The zero-order valence-electron chi connectivity index (χ0n) is 10.5. The van der Waals surface area contributed by atoms with Crippen LogP contribution in [0.15, 0.2) is 17.2 Å². The van der Waals surface area contributed by atoms with E-state index in [1.807, 2.05) is 19.9 Å². The number of carboxylic acids is 1. The molecule has 0 heterocycles. The molecule has 0 saturated heterocycles. The molecule has 0 saturated carbocycles. The number of rotatable bonds is 5. The van der Waals surface area contributed by atoms with Gasteiger partial charge in [0.25, 0.3) is 0 Å². The largest absolute Gasteiger partial charge is 0.496 e. The van der Waals surface area contributed by atoms with Gasteiger partial charge < -0.3 is 9.84 Å². The Kier molecular flexibility index (Phi) is 4.57. The van der Waals surface area contributed by atoms with Crippen LogP contribution in [0.4, 0.5) is 0 Å². The third kappa shape index (κ3) is 3.15. The smallest absolute Gasteiger partial charge is 0.304 e. The van der Waals surface area contributed by atoms with Crippen LogP contribution < -0.4 is 4.74 Å². The van der Waals surface area contributed by atoms with E-state index in [4.69, 9.17) is 15.4 Å². The lowest BCUT2D eigenvalue weighted by molar-refractivity contribution is -0.137. The Morgan fingerprint density at radius 3 is 2.61 bits per heavy atom. The van der Waals surface area contributed by atoms with E-state index in [1.54, 1.807) is 6.07 Å². The van der Waals surface area contributed by atoms with E-state index in [-0.39, 0.29) is 6.42 Å². The topological polar surface area (TPSA) is 95.3 Å². The molecule has 1 aromatic rings. The van der Waals surface area contributed by atoms with Gasteiger partial charge in [-0.1, -0.05) is 11.2 Å². The molecule has 1 atom stereocenters. The first-order chi connectivity index (χ1) is 8.49. The molecule has 0 spiro atoms. The monoisotopic (exact) mass is 249 g/mol. The quantitative estimate of drug-likeness (QED) is 0.493. The van der Waals surface area contributed by atoms with Crippen molar-refractivity contribution in [3.63, 3.8) is 0 Å². The Labute approximate surface area is 105 Å². The van der Waals surface area contributed by atoms with E-state index >= 15 is 0 Å². The maximum atomic E-state index is 10.8. The van der Waals surface area contributed by atoms with E-state index in [0.29, 0.717) is 11.3 Å². The fourth-order valence-corrected chi connectivity index (χ4v) is 1.69. The second-order valence-electron chi connectivity index (χ2n) is 4.00. The molecule has 1 unspecified atom stereocenters. The lowest BCUT2D eigenvalue weighted by Gasteiger charge is -2.16. The molecule has 0 radical (unpaired) electrons. The first kappa shape index (κ1) is 13.9. The summed E-state index contributed by atoms with van der Waals surface area (Å²) in [6, 6.07) is 2.85. The summed E-state index contributed by atoms with van der Waals surface area (Å²) >= 11 is 0. The van der Waals surface area contributed by atoms with Crippen LogP contribution in [-0.2, 0) is 4.79 Å². The van der Waals surface area contributed by atoms with Crippen LogP contribution >= 0.6 is 0 Å². The zero-order chi connectivity index (χ0) is 13.7. The molecule has 18 heavy (non-hydrogen) atoms. The highest BCUT2D eigenvalue weighted by Gasteiger charge is 2.19. The molecule has 0 bridgehead atoms. The predicted molar refractivity (Wildman–Crippen MR) is 66.6 cm³/mol. The third-order valence-corrected chi connectivity index (χ3v) is 2.76. The molecule has 1 N–H and O–H groups in total. The average Bonchev–Trinajstić information content (AvgIpc) is 2.31. The van der Waals surface area contributed by atoms with Crippen molar-refractivity contribution < 1.29 is 14.6 Å². The Hall–Kier alpha value is -2.20. The van der Waals surface area contributed by atoms with Gasteiger partial charge in [-0.25, -0.2) is 0 Å². The van der Waals surface area contributed by atoms with Crippen molar-refractivity contribution in [2.75, 3.05) is 7.11 Å². The van der Waals surface area contributed by atoms with E-state index < -0.39 is 12.0 Å². The second-order valence-corrected chi connectivity index (χ2v) is 4.00. The summed E-state index contributed by atoms with van der Waals surface area (Å²) in [5, 5.41) is 12.4. The summed E-state index contributed by atoms with van der Waals surface area (Å²) in [4.78, 5) is 13.5. The molecule has 0 aliphatic heterocycles. The summed E-state index contributed by atoms with van der Waals surface area (Å²) < 4.78 is 5.21. The molecule has 0 aliphatic rings. The van der Waals surface area contributed by atoms with Crippen LogP contribution in [0.25, 0.3) is 10.4 Å². The van der Waals surface area contributed by atoms with Gasteiger partial charge in [-0.05, 0) is 36.6 Å². The second kappa shape index (κ2) is 5.93. The predicted octanol–water partition coefficient (Wildman–Crippen LogP) is 3.14. The zero-order valence-corrected chi connectivity index (χ0v) is 10.5. The summed E-state index contributed by atoms with van der Waals surface area (Å²) in [7, 11) is 1.50. The van der Waals surface area contributed by atoms with Crippen molar-refractivity contribution in [1.29, 1.82) is 0 Å². The number of benzene rings is 1. The van der Waals surface area contributed by atoms with Crippen molar-refractivity contribution in [2.45, 2.75) is 26.3 Å². The number of ether oxygens (including phenoxy) is 1.